The zero-order chi connectivity index (χ0) is 29.6. The van der Waals surface area contributed by atoms with Crippen LogP contribution < -0.4 is 15.1 Å². The lowest BCUT2D eigenvalue weighted by Gasteiger charge is -2.39. The molecule has 0 unspecified atom stereocenters. The first-order valence-electron chi connectivity index (χ1n) is 16.1. The van der Waals surface area contributed by atoms with E-state index < -0.39 is 5.31 Å². The van der Waals surface area contributed by atoms with Crippen LogP contribution in [-0.4, -0.2) is 11.9 Å². The van der Waals surface area contributed by atoms with Gasteiger partial charge >= 0.3 is 0 Å². The molecule has 0 spiro atoms. The van der Waals surface area contributed by atoms with Crippen molar-refractivity contribution in [2.45, 2.75) is 148 Å². The number of rotatable bonds is 12. The Morgan fingerprint density at radius 1 is 0.675 bits per heavy atom. The Bertz CT molecular complexity index is 1130. The fraction of sp³-hybridized carbons (Fsp3) is 0.667. The predicted molar refractivity (Wildman–Crippen MR) is 185 cm³/mol. The lowest BCUT2D eigenvalue weighted by molar-refractivity contribution is 0.283. The number of hydrogen-bond donors (Lipinski definition) is 0. The minimum atomic E-state index is -2.44. The number of unbranched alkanes of at least 4 members (excludes halogenated alkanes) is 3. The Morgan fingerprint density at radius 2 is 1.15 bits per heavy atom. The van der Waals surface area contributed by atoms with Gasteiger partial charge in [0, 0.05) is 11.1 Å². The SMILES string of the molecule is CCCCCCOc1c2c(c([Si](Br)(Br)c3ccccc3)c3c1C(C)(C)CC3(CC)CC)C(CC)(CC)CC2(C)C. The molecule has 0 heterocycles. The molecule has 2 aromatic carbocycles. The Labute approximate surface area is 262 Å². The van der Waals surface area contributed by atoms with E-state index in [4.69, 9.17) is 4.74 Å². The van der Waals surface area contributed by atoms with Gasteiger partial charge in [-0.1, -0.05) is 142 Å². The smallest absolute Gasteiger partial charge is 0.260 e. The zero-order valence-corrected chi connectivity index (χ0v) is 31.0. The largest absolute Gasteiger partial charge is 0.493 e. The van der Waals surface area contributed by atoms with Gasteiger partial charge in [0.1, 0.15) is 5.75 Å². The van der Waals surface area contributed by atoms with E-state index in [9.17, 15) is 0 Å². The molecule has 0 saturated carbocycles. The van der Waals surface area contributed by atoms with Crippen molar-refractivity contribution in [1.82, 2.24) is 0 Å². The maximum Gasteiger partial charge on any atom is 0.260 e. The second-order valence-electron chi connectivity index (χ2n) is 14.1. The summed E-state index contributed by atoms with van der Waals surface area (Å²) >= 11 is 9.04. The van der Waals surface area contributed by atoms with E-state index in [1.165, 1.54) is 54.2 Å². The molecule has 222 valence electrons. The molecule has 2 aliphatic carbocycles. The Kier molecular flexibility index (Phi) is 9.57. The first kappa shape index (κ1) is 32.3. The lowest BCUT2D eigenvalue weighted by atomic mass is 9.72. The molecule has 2 aromatic rings. The van der Waals surface area contributed by atoms with Crippen molar-refractivity contribution in [2.24, 2.45) is 0 Å². The van der Waals surface area contributed by atoms with Crippen molar-refractivity contribution < 1.29 is 4.74 Å². The number of benzene rings is 2. The highest BCUT2D eigenvalue weighted by molar-refractivity contribution is 9.52. The van der Waals surface area contributed by atoms with Crippen LogP contribution in [0.25, 0.3) is 0 Å². The molecule has 0 aromatic heterocycles. The lowest BCUT2D eigenvalue weighted by Crippen LogP contribution is -2.54. The van der Waals surface area contributed by atoms with E-state index in [2.05, 4.69) is 123 Å². The molecular weight excluding hydrogens is 636 g/mol. The van der Waals surface area contributed by atoms with Crippen LogP contribution >= 0.6 is 30.6 Å². The molecule has 0 atom stereocenters. The Morgan fingerprint density at radius 3 is 1.57 bits per heavy atom. The van der Waals surface area contributed by atoms with E-state index >= 15 is 0 Å². The average molecular weight is 691 g/mol. The van der Waals surface area contributed by atoms with Gasteiger partial charge in [-0.3, -0.25) is 0 Å². The first-order chi connectivity index (χ1) is 18.8. The molecule has 4 heteroatoms. The average Bonchev–Trinajstić information content (AvgIpc) is 3.33. The van der Waals surface area contributed by atoms with Crippen molar-refractivity contribution in [3.05, 3.63) is 52.6 Å². The summed E-state index contributed by atoms with van der Waals surface area (Å²) in [6, 6.07) is 11.2. The third kappa shape index (κ3) is 5.12. The summed E-state index contributed by atoms with van der Waals surface area (Å²) in [5.41, 5.74) is 6.76. The molecule has 2 aliphatic rings. The van der Waals surface area contributed by atoms with Crippen LogP contribution in [0.4, 0.5) is 0 Å². The van der Waals surface area contributed by atoms with E-state index in [1.807, 2.05) is 0 Å². The van der Waals surface area contributed by atoms with Crippen LogP contribution in [0.3, 0.4) is 0 Å². The van der Waals surface area contributed by atoms with Crippen LogP contribution in [0, 0.1) is 0 Å². The molecular formula is C36H54Br2OSi. The van der Waals surface area contributed by atoms with Crippen molar-refractivity contribution in [1.29, 1.82) is 0 Å². The van der Waals surface area contributed by atoms with Gasteiger partial charge in [-0.15, -0.1) is 0 Å². The highest BCUT2D eigenvalue weighted by atomic mass is 79.9. The van der Waals surface area contributed by atoms with Gasteiger partial charge in [0.25, 0.3) is 5.31 Å². The molecule has 4 rings (SSSR count). The van der Waals surface area contributed by atoms with Gasteiger partial charge in [0.2, 0.25) is 0 Å². The topological polar surface area (TPSA) is 9.23 Å². The standard InChI is InChI=1S/C36H54Br2OSi/c1-10-15-16-20-23-39-31-27-29(35(11-2,12-3)24-33(27,6)7)32(40(37,38)26-21-18-17-19-22-26)30-28(31)34(8,9)25-36(30,13-4)14-5/h17-19,21-22H,10-16,20,23-25H2,1-9H3. The van der Waals surface area contributed by atoms with Crippen LogP contribution in [0.15, 0.2) is 30.3 Å². The van der Waals surface area contributed by atoms with Crippen molar-refractivity contribution in [3.63, 3.8) is 0 Å². The Balaban J connectivity index is 2.19. The third-order valence-electron chi connectivity index (χ3n) is 10.8. The summed E-state index contributed by atoms with van der Waals surface area (Å²) in [4.78, 5) is 0. The van der Waals surface area contributed by atoms with E-state index in [1.54, 1.807) is 16.3 Å². The van der Waals surface area contributed by atoms with Gasteiger partial charge in [-0.05, 0) is 88.1 Å². The highest BCUT2D eigenvalue weighted by Crippen LogP contribution is 2.63. The number of halogens is 2. The van der Waals surface area contributed by atoms with Crippen LogP contribution in [-0.2, 0) is 21.7 Å². The van der Waals surface area contributed by atoms with E-state index in [0.29, 0.717) is 0 Å². The first-order valence-corrected chi connectivity index (χ1v) is 22.7. The van der Waals surface area contributed by atoms with Gasteiger partial charge in [-0.25, -0.2) is 0 Å². The monoisotopic (exact) mass is 688 g/mol. The van der Waals surface area contributed by atoms with Gasteiger partial charge in [-0.2, -0.15) is 0 Å². The summed E-state index contributed by atoms with van der Waals surface area (Å²) in [5.74, 6) is 1.27. The van der Waals surface area contributed by atoms with Gasteiger partial charge in [0.15, 0.2) is 0 Å². The molecule has 0 bridgehead atoms. The van der Waals surface area contributed by atoms with E-state index in [-0.39, 0.29) is 21.7 Å². The predicted octanol–water partition coefficient (Wildman–Crippen LogP) is 10.5. The zero-order valence-electron chi connectivity index (χ0n) is 26.8. The maximum absolute atomic E-state index is 7.13. The molecule has 0 amide bonds. The van der Waals surface area contributed by atoms with Gasteiger partial charge < -0.3 is 4.74 Å². The van der Waals surface area contributed by atoms with Crippen LogP contribution in [0.1, 0.15) is 149 Å². The molecule has 0 fully saturated rings. The minimum Gasteiger partial charge on any atom is -0.493 e. The molecule has 0 N–H and O–H groups in total. The molecule has 1 nitrogen and oxygen atoms in total. The highest BCUT2D eigenvalue weighted by Gasteiger charge is 2.59. The summed E-state index contributed by atoms with van der Waals surface area (Å²) in [6.07, 6.45) is 12.0. The van der Waals surface area contributed by atoms with Crippen molar-refractivity contribution in [2.75, 3.05) is 6.61 Å². The molecule has 0 radical (unpaired) electrons. The summed E-state index contributed by atoms with van der Waals surface area (Å²) in [5, 5.41) is 0.597. The minimum absolute atomic E-state index is 0.0603. The summed E-state index contributed by atoms with van der Waals surface area (Å²) in [7, 11) is 0. The number of fused-ring (bicyclic) bond motifs is 2. The normalized spacial score (nSPS) is 19.9. The summed E-state index contributed by atoms with van der Waals surface area (Å²) in [6.45, 7) is 22.9. The second kappa shape index (κ2) is 11.8. The quantitative estimate of drug-likeness (QED) is 0.122. The molecule has 0 saturated heterocycles. The number of hydrogen-bond acceptors (Lipinski definition) is 1. The number of ether oxygens (including phenoxy) is 1. The fourth-order valence-electron chi connectivity index (χ4n) is 8.78. The van der Waals surface area contributed by atoms with Crippen molar-refractivity contribution >= 4 is 46.3 Å². The maximum atomic E-state index is 7.13. The molecule has 0 aliphatic heterocycles. The van der Waals surface area contributed by atoms with E-state index in [0.717, 1.165) is 38.7 Å². The Hall–Kier alpha value is -0.583. The molecule has 40 heavy (non-hydrogen) atoms. The van der Waals surface area contributed by atoms with Gasteiger partial charge in [0.05, 0.1) is 6.61 Å². The van der Waals surface area contributed by atoms with Crippen molar-refractivity contribution in [3.8, 4) is 5.75 Å². The van der Waals surface area contributed by atoms with Crippen LogP contribution in [0.5, 0.6) is 5.75 Å². The third-order valence-corrected chi connectivity index (χ3v) is 18.1. The van der Waals surface area contributed by atoms with Crippen LogP contribution in [0.2, 0.25) is 0 Å². The fourth-order valence-corrected chi connectivity index (χ4v) is 15.1. The second-order valence-corrected chi connectivity index (χ2v) is 26.7. The summed E-state index contributed by atoms with van der Waals surface area (Å²) < 4.78 is 7.13.